The third-order valence-electron chi connectivity index (χ3n) is 2.02. The minimum Gasteiger partial charge on any atom is -0.480 e. The van der Waals surface area contributed by atoms with Gasteiger partial charge in [-0.1, -0.05) is 6.42 Å². The first kappa shape index (κ1) is 19.6. The van der Waals surface area contributed by atoms with Crippen molar-refractivity contribution in [2.24, 2.45) is 22.9 Å². The Morgan fingerprint density at radius 3 is 1.68 bits per heavy atom. The predicted octanol–water partition coefficient (Wildman–Crippen LogP) is -2.20. The molecule has 112 valence electrons. The van der Waals surface area contributed by atoms with Crippen LogP contribution in [-0.4, -0.2) is 46.7 Å². The Bertz CT molecular complexity index is 298. The number of nitrogens with two attached hydrogens (primary N) is 4. The van der Waals surface area contributed by atoms with Crippen LogP contribution in [0.2, 0.25) is 0 Å². The van der Waals surface area contributed by atoms with Crippen molar-refractivity contribution in [2.45, 2.75) is 37.8 Å². The minimum atomic E-state index is -1.21. The number of carboxylic acids is 2. The standard InChI is InChI=1S/C6H14N2O2.C4H8N2O3/c7-4-2-1-3-5(8)6(9)10;5-2(4(8)9)1-3(6)7/h5H,1-4,7-8H2,(H,9,10);2H,1,5H2,(H2,6,7)(H,8,9)/t5-;2-/m00/s1. The lowest BCUT2D eigenvalue weighted by atomic mass is 10.1. The van der Waals surface area contributed by atoms with E-state index in [1.54, 1.807) is 0 Å². The number of hydrogen-bond donors (Lipinski definition) is 6. The molecule has 0 radical (unpaired) electrons. The van der Waals surface area contributed by atoms with Gasteiger partial charge in [0.2, 0.25) is 5.91 Å². The van der Waals surface area contributed by atoms with Crippen molar-refractivity contribution < 1.29 is 24.6 Å². The monoisotopic (exact) mass is 278 g/mol. The average Bonchev–Trinajstić information content (AvgIpc) is 2.28. The second kappa shape index (κ2) is 11.4. The summed E-state index contributed by atoms with van der Waals surface area (Å²) in [6.45, 7) is 0.604. The molecule has 9 nitrogen and oxygen atoms in total. The first-order valence-electron chi connectivity index (χ1n) is 5.67. The van der Waals surface area contributed by atoms with E-state index in [4.69, 9.17) is 27.4 Å². The Hall–Kier alpha value is -1.71. The van der Waals surface area contributed by atoms with Crippen molar-refractivity contribution in [2.75, 3.05) is 6.54 Å². The maximum atomic E-state index is 10.1. The van der Waals surface area contributed by atoms with Crippen LogP contribution in [0.4, 0.5) is 0 Å². The summed E-state index contributed by atoms with van der Waals surface area (Å²) in [5, 5.41) is 16.4. The average molecular weight is 278 g/mol. The lowest BCUT2D eigenvalue weighted by Crippen LogP contribution is -2.34. The zero-order valence-electron chi connectivity index (χ0n) is 10.6. The van der Waals surface area contributed by atoms with E-state index in [-0.39, 0.29) is 6.42 Å². The molecular weight excluding hydrogens is 256 g/mol. The quantitative estimate of drug-likeness (QED) is 0.269. The SMILES string of the molecule is NC(=O)C[C@H](N)C(=O)O.NCCCC[C@H](N)C(=O)O. The number of amides is 1. The van der Waals surface area contributed by atoms with Crippen LogP contribution in [0.5, 0.6) is 0 Å². The van der Waals surface area contributed by atoms with E-state index in [9.17, 15) is 14.4 Å². The summed E-state index contributed by atoms with van der Waals surface area (Å²) >= 11 is 0. The van der Waals surface area contributed by atoms with Gasteiger partial charge in [0.05, 0.1) is 6.42 Å². The van der Waals surface area contributed by atoms with Gasteiger partial charge >= 0.3 is 11.9 Å². The third-order valence-corrected chi connectivity index (χ3v) is 2.02. The molecule has 0 saturated heterocycles. The van der Waals surface area contributed by atoms with E-state index in [0.29, 0.717) is 13.0 Å². The fraction of sp³-hybridized carbons (Fsp3) is 0.700. The third kappa shape index (κ3) is 14.2. The molecule has 9 heteroatoms. The lowest BCUT2D eigenvalue weighted by molar-refractivity contribution is -0.140. The molecule has 19 heavy (non-hydrogen) atoms. The fourth-order valence-corrected chi connectivity index (χ4v) is 0.936. The highest BCUT2D eigenvalue weighted by Gasteiger charge is 2.13. The Morgan fingerprint density at radius 1 is 0.947 bits per heavy atom. The second-order valence-electron chi connectivity index (χ2n) is 3.84. The molecule has 0 unspecified atom stereocenters. The van der Waals surface area contributed by atoms with E-state index in [0.717, 1.165) is 12.8 Å². The maximum absolute atomic E-state index is 10.1. The summed E-state index contributed by atoms with van der Waals surface area (Å²) in [5.41, 5.74) is 20.0. The molecule has 0 aliphatic carbocycles. The molecule has 1 amide bonds. The van der Waals surface area contributed by atoms with Crippen molar-refractivity contribution >= 4 is 17.8 Å². The maximum Gasteiger partial charge on any atom is 0.321 e. The van der Waals surface area contributed by atoms with Gasteiger partial charge in [0.15, 0.2) is 0 Å². The highest BCUT2D eigenvalue weighted by molar-refractivity contribution is 5.83. The summed E-state index contributed by atoms with van der Waals surface area (Å²) in [6.07, 6.45) is 1.85. The summed E-state index contributed by atoms with van der Waals surface area (Å²) < 4.78 is 0. The number of aliphatic carboxylic acids is 2. The largest absolute Gasteiger partial charge is 0.480 e. The number of carbonyl (C=O) groups is 3. The van der Waals surface area contributed by atoms with E-state index in [2.05, 4.69) is 5.73 Å². The van der Waals surface area contributed by atoms with Crippen LogP contribution in [0.15, 0.2) is 0 Å². The van der Waals surface area contributed by atoms with Gasteiger partial charge in [-0.15, -0.1) is 0 Å². The number of rotatable bonds is 8. The Balaban J connectivity index is 0. The molecule has 0 saturated carbocycles. The van der Waals surface area contributed by atoms with E-state index >= 15 is 0 Å². The van der Waals surface area contributed by atoms with Gasteiger partial charge in [-0.05, 0) is 19.4 Å². The zero-order valence-corrected chi connectivity index (χ0v) is 10.6. The molecule has 0 spiro atoms. The molecule has 10 N–H and O–H groups in total. The Morgan fingerprint density at radius 2 is 1.42 bits per heavy atom. The highest BCUT2D eigenvalue weighted by atomic mass is 16.4. The molecule has 0 bridgehead atoms. The van der Waals surface area contributed by atoms with E-state index in [1.807, 2.05) is 0 Å². The fourth-order valence-electron chi connectivity index (χ4n) is 0.936. The van der Waals surface area contributed by atoms with Crippen molar-refractivity contribution in [3.8, 4) is 0 Å². The number of unbranched alkanes of at least 4 members (excludes halogenated alkanes) is 1. The van der Waals surface area contributed by atoms with Crippen LogP contribution in [0, 0.1) is 0 Å². The Labute approximate surface area is 110 Å². The van der Waals surface area contributed by atoms with Crippen molar-refractivity contribution in [3.63, 3.8) is 0 Å². The van der Waals surface area contributed by atoms with Crippen LogP contribution < -0.4 is 22.9 Å². The van der Waals surface area contributed by atoms with E-state index < -0.39 is 29.9 Å². The first-order valence-corrected chi connectivity index (χ1v) is 5.67. The molecule has 2 atom stereocenters. The van der Waals surface area contributed by atoms with Crippen molar-refractivity contribution in [1.82, 2.24) is 0 Å². The minimum absolute atomic E-state index is 0.310. The number of hydrogen-bond acceptors (Lipinski definition) is 6. The normalized spacial score (nSPS) is 12.8. The molecule has 0 aliphatic heterocycles. The van der Waals surface area contributed by atoms with Gasteiger partial charge in [-0.3, -0.25) is 14.4 Å². The molecule has 0 heterocycles. The van der Waals surface area contributed by atoms with Gasteiger partial charge in [-0.25, -0.2) is 0 Å². The summed E-state index contributed by atoms with van der Waals surface area (Å²) in [7, 11) is 0. The van der Waals surface area contributed by atoms with Crippen LogP contribution in [0.1, 0.15) is 25.7 Å². The highest BCUT2D eigenvalue weighted by Crippen LogP contribution is 1.96. The Kier molecular flexibility index (Phi) is 11.8. The molecule has 0 aromatic rings. The van der Waals surface area contributed by atoms with Gasteiger partial charge in [0.1, 0.15) is 12.1 Å². The van der Waals surface area contributed by atoms with Crippen LogP contribution in [0.25, 0.3) is 0 Å². The number of primary amides is 1. The van der Waals surface area contributed by atoms with Gasteiger partial charge in [0, 0.05) is 0 Å². The smallest absolute Gasteiger partial charge is 0.321 e. The van der Waals surface area contributed by atoms with Crippen LogP contribution in [-0.2, 0) is 14.4 Å². The predicted molar refractivity (Wildman–Crippen MR) is 67.9 cm³/mol. The molecular formula is C10H22N4O5. The second-order valence-corrected chi connectivity index (χ2v) is 3.84. The zero-order chi connectivity index (χ0) is 15.4. The molecule has 0 rings (SSSR count). The molecule has 0 fully saturated rings. The summed E-state index contributed by atoms with van der Waals surface area (Å²) in [6, 6.07) is -1.88. The molecule has 0 aliphatic rings. The van der Waals surface area contributed by atoms with Crippen LogP contribution in [0.3, 0.4) is 0 Å². The topological polar surface area (TPSA) is 196 Å². The van der Waals surface area contributed by atoms with Gasteiger partial charge in [-0.2, -0.15) is 0 Å². The summed E-state index contributed by atoms with van der Waals surface area (Å²) in [4.78, 5) is 30.0. The summed E-state index contributed by atoms with van der Waals surface area (Å²) in [5.74, 6) is -2.85. The molecule has 0 aromatic heterocycles. The number of carbonyl (C=O) groups excluding carboxylic acids is 1. The van der Waals surface area contributed by atoms with Gasteiger partial charge < -0.3 is 33.1 Å². The lowest BCUT2D eigenvalue weighted by Gasteiger charge is -2.03. The van der Waals surface area contributed by atoms with Crippen LogP contribution >= 0.6 is 0 Å². The molecule has 0 aromatic carbocycles. The van der Waals surface area contributed by atoms with Crippen molar-refractivity contribution in [1.29, 1.82) is 0 Å². The van der Waals surface area contributed by atoms with Gasteiger partial charge in [0.25, 0.3) is 0 Å². The van der Waals surface area contributed by atoms with E-state index in [1.165, 1.54) is 0 Å². The van der Waals surface area contributed by atoms with Crippen molar-refractivity contribution in [3.05, 3.63) is 0 Å². The first-order chi connectivity index (χ1) is 8.72. The number of carboxylic acid groups (broad SMARTS) is 2.